The van der Waals surface area contributed by atoms with Gasteiger partial charge in [-0.2, -0.15) is 0 Å². The fraction of sp³-hybridized carbons (Fsp3) is 0.692. The van der Waals surface area contributed by atoms with E-state index in [9.17, 15) is 4.39 Å². The molecule has 1 aromatic heterocycles. The van der Waals surface area contributed by atoms with E-state index < -0.39 is 0 Å². The number of hydrogen-bond donors (Lipinski definition) is 0. The molecule has 1 heterocycles. The predicted molar refractivity (Wildman–Crippen MR) is 67.8 cm³/mol. The van der Waals surface area contributed by atoms with Crippen LogP contribution in [0.25, 0.3) is 0 Å². The first-order chi connectivity index (χ1) is 8.08. The third kappa shape index (κ3) is 4.04. The van der Waals surface area contributed by atoms with Crippen LogP contribution in [0.15, 0.2) is 0 Å². The van der Waals surface area contributed by atoms with Crippen LogP contribution in [-0.2, 0) is 19.4 Å². The summed E-state index contributed by atoms with van der Waals surface area (Å²) in [4.78, 5) is 11.1. The molecule has 1 aromatic rings. The summed E-state index contributed by atoms with van der Waals surface area (Å²) in [6, 6.07) is 0. The van der Waals surface area contributed by atoms with E-state index in [1.165, 1.54) is 0 Å². The molecule has 0 aliphatic heterocycles. The number of halogens is 1. The molecule has 0 aliphatic carbocycles. The van der Waals surface area contributed by atoms with Crippen molar-refractivity contribution in [2.75, 3.05) is 20.8 Å². The lowest BCUT2D eigenvalue weighted by Crippen LogP contribution is -2.16. The highest BCUT2D eigenvalue weighted by molar-refractivity contribution is 5.25. The Hall–Kier alpha value is -1.03. The maximum atomic E-state index is 12.2. The Balaban J connectivity index is 2.98. The van der Waals surface area contributed by atoms with Crippen molar-refractivity contribution in [2.24, 2.45) is 0 Å². The van der Waals surface area contributed by atoms with Crippen molar-refractivity contribution >= 4 is 0 Å². The van der Waals surface area contributed by atoms with Gasteiger partial charge in [0.15, 0.2) is 0 Å². The summed E-state index contributed by atoms with van der Waals surface area (Å²) >= 11 is 0. The molecule has 17 heavy (non-hydrogen) atoms. The van der Waals surface area contributed by atoms with Crippen molar-refractivity contribution in [1.82, 2.24) is 14.9 Å². The SMILES string of the molecule is CCc1nc(CN(C)C)nc(C)c1CCCF. The minimum absolute atomic E-state index is 0.276. The summed E-state index contributed by atoms with van der Waals surface area (Å²) < 4.78 is 12.2. The lowest BCUT2D eigenvalue weighted by molar-refractivity contribution is 0.388. The Bertz CT molecular complexity index is 364. The molecule has 0 saturated heterocycles. The number of alkyl halides is 1. The number of rotatable bonds is 6. The standard InChI is InChI=1S/C13H22FN3/c1-5-12-11(7-6-8-14)10(2)15-13(16-12)9-17(3)4/h5-9H2,1-4H3. The Labute approximate surface area is 103 Å². The van der Waals surface area contributed by atoms with Crippen molar-refractivity contribution in [3.05, 3.63) is 22.8 Å². The minimum Gasteiger partial charge on any atom is -0.302 e. The molecule has 0 atom stereocenters. The second-order valence-corrected chi connectivity index (χ2v) is 4.53. The molecule has 0 unspecified atom stereocenters. The molecule has 0 aliphatic rings. The fourth-order valence-corrected chi connectivity index (χ4v) is 1.93. The van der Waals surface area contributed by atoms with E-state index in [4.69, 9.17) is 0 Å². The molecule has 1 rings (SSSR count). The predicted octanol–water partition coefficient (Wildman–Crippen LogP) is 2.31. The summed E-state index contributed by atoms with van der Waals surface area (Å²) in [6.07, 6.45) is 2.18. The Morgan fingerprint density at radius 1 is 1.24 bits per heavy atom. The van der Waals surface area contributed by atoms with Gasteiger partial charge in [-0.25, -0.2) is 9.97 Å². The van der Waals surface area contributed by atoms with Gasteiger partial charge in [0, 0.05) is 11.4 Å². The smallest absolute Gasteiger partial charge is 0.142 e. The molecule has 96 valence electrons. The van der Waals surface area contributed by atoms with Crippen LogP contribution in [0.2, 0.25) is 0 Å². The zero-order valence-electron chi connectivity index (χ0n) is 11.3. The van der Waals surface area contributed by atoms with Gasteiger partial charge in [0.1, 0.15) is 5.82 Å². The highest BCUT2D eigenvalue weighted by Gasteiger charge is 2.10. The molecule has 3 nitrogen and oxygen atoms in total. The Morgan fingerprint density at radius 3 is 2.47 bits per heavy atom. The molecule has 4 heteroatoms. The molecule has 0 radical (unpaired) electrons. The fourth-order valence-electron chi connectivity index (χ4n) is 1.93. The van der Waals surface area contributed by atoms with Crippen LogP contribution in [0.4, 0.5) is 4.39 Å². The summed E-state index contributed by atoms with van der Waals surface area (Å²) in [5, 5.41) is 0. The van der Waals surface area contributed by atoms with E-state index in [0.29, 0.717) is 6.42 Å². The highest BCUT2D eigenvalue weighted by Crippen LogP contribution is 2.15. The number of nitrogens with zero attached hydrogens (tertiary/aromatic N) is 3. The van der Waals surface area contributed by atoms with Crippen LogP contribution in [-0.4, -0.2) is 35.6 Å². The monoisotopic (exact) mass is 239 g/mol. The first kappa shape index (κ1) is 14.0. The summed E-state index contributed by atoms with van der Waals surface area (Å²) in [7, 11) is 4.00. The van der Waals surface area contributed by atoms with Crippen molar-refractivity contribution in [3.63, 3.8) is 0 Å². The molecule has 0 spiro atoms. The van der Waals surface area contributed by atoms with Gasteiger partial charge in [0.2, 0.25) is 0 Å². The van der Waals surface area contributed by atoms with E-state index in [1.807, 2.05) is 21.0 Å². The summed E-state index contributed by atoms with van der Waals surface area (Å²) in [5.41, 5.74) is 3.21. The zero-order chi connectivity index (χ0) is 12.8. The third-order valence-electron chi connectivity index (χ3n) is 2.70. The molecule has 0 saturated carbocycles. The Morgan fingerprint density at radius 2 is 1.94 bits per heavy atom. The van der Waals surface area contributed by atoms with Crippen LogP contribution in [0.5, 0.6) is 0 Å². The second-order valence-electron chi connectivity index (χ2n) is 4.53. The van der Waals surface area contributed by atoms with Gasteiger partial charge in [-0.1, -0.05) is 6.92 Å². The average molecular weight is 239 g/mol. The number of aryl methyl sites for hydroxylation is 2. The maximum Gasteiger partial charge on any atom is 0.142 e. The van der Waals surface area contributed by atoms with E-state index in [2.05, 4.69) is 21.8 Å². The van der Waals surface area contributed by atoms with Crippen LogP contribution >= 0.6 is 0 Å². The zero-order valence-corrected chi connectivity index (χ0v) is 11.3. The second kappa shape index (κ2) is 6.64. The van der Waals surface area contributed by atoms with Gasteiger partial charge >= 0.3 is 0 Å². The molecule has 0 aromatic carbocycles. The van der Waals surface area contributed by atoms with Crippen molar-refractivity contribution in [1.29, 1.82) is 0 Å². The third-order valence-corrected chi connectivity index (χ3v) is 2.70. The van der Waals surface area contributed by atoms with Gasteiger partial charge in [-0.15, -0.1) is 0 Å². The van der Waals surface area contributed by atoms with Crippen LogP contribution in [0, 0.1) is 6.92 Å². The van der Waals surface area contributed by atoms with Crippen molar-refractivity contribution < 1.29 is 4.39 Å². The van der Waals surface area contributed by atoms with Crippen molar-refractivity contribution in [3.8, 4) is 0 Å². The van der Waals surface area contributed by atoms with E-state index in [-0.39, 0.29) is 6.67 Å². The molecular weight excluding hydrogens is 217 g/mol. The van der Waals surface area contributed by atoms with E-state index in [1.54, 1.807) is 0 Å². The quantitative estimate of drug-likeness (QED) is 0.763. The van der Waals surface area contributed by atoms with Gasteiger partial charge in [0.25, 0.3) is 0 Å². The largest absolute Gasteiger partial charge is 0.302 e. The Kier molecular flexibility index (Phi) is 5.48. The molecule has 0 amide bonds. The van der Waals surface area contributed by atoms with Gasteiger partial charge < -0.3 is 4.90 Å². The lowest BCUT2D eigenvalue weighted by atomic mass is 10.0. The summed E-state index contributed by atoms with van der Waals surface area (Å²) in [6.45, 7) is 4.55. The molecule has 0 fully saturated rings. The molecule has 0 N–H and O–H groups in total. The normalized spacial score (nSPS) is 11.2. The van der Waals surface area contributed by atoms with Gasteiger partial charge in [-0.3, -0.25) is 4.39 Å². The molecule has 0 bridgehead atoms. The lowest BCUT2D eigenvalue weighted by Gasteiger charge is -2.14. The first-order valence-corrected chi connectivity index (χ1v) is 6.14. The van der Waals surface area contributed by atoms with Crippen LogP contribution in [0.3, 0.4) is 0 Å². The topological polar surface area (TPSA) is 29.0 Å². The van der Waals surface area contributed by atoms with E-state index in [0.717, 1.165) is 42.2 Å². The van der Waals surface area contributed by atoms with E-state index >= 15 is 0 Å². The number of hydrogen-bond acceptors (Lipinski definition) is 3. The van der Waals surface area contributed by atoms with Crippen molar-refractivity contribution in [2.45, 2.75) is 39.7 Å². The maximum absolute atomic E-state index is 12.2. The minimum atomic E-state index is -0.276. The van der Waals surface area contributed by atoms with Crippen LogP contribution < -0.4 is 0 Å². The highest BCUT2D eigenvalue weighted by atomic mass is 19.1. The number of aromatic nitrogens is 2. The van der Waals surface area contributed by atoms with Gasteiger partial charge in [0.05, 0.1) is 13.2 Å². The molecular formula is C13H22FN3. The van der Waals surface area contributed by atoms with Crippen LogP contribution in [0.1, 0.15) is 36.1 Å². The van der Waals surface area contributed by atoms with Gasteiger partial charge in [-0.05, 0) is 45.8 Å². The summed E-state index contributed by atoms with van der Waals surface area (Å²) in [5.74, 6) is 0.855. The first-order valence-electron chi connectivity index (χ1n) is 6.14. The average Bonchev–Trinajstić information content (AvgIpc) is 2.26.